The van der Waals surface area contributed by atoms with Crippen LogP contribution in [0.2, 0.25) is 0 Å². The van der Waals surface area contributed by atoms with Gasteiger partial charge in [0.2, 0.25) is 0 Å². The van der Waals surface area contributed by atoms with Gasteiger partial charge in [-0.1, -0.05) is 0 Å². The topological polar surface area (TPSA) is 26.5 Å². The summed E-state index contributed by atoms with van der Waals surface area (Å²) in [5.74, 6) is 0.806. The summed E-state index contributed by atoms with van der Waals surface area (Å²) in [5, 5.41) is 4.08. The molecule has 0 fully saturated rings. The van der Waals surface area contributed by atoms with Crippen LogP contribution in [0, 0.1) is 0 Å². The van der Waals surface area contributed by atoms with Crippen molar-refractivity contribution in [3.63, 3.8) is 0 Å². The summed E-state index contributed by atoms with van der Waals surface area (Å²) in [6, 6.07) is 4.00. The third-order valence-electron chi connectivity index (χ3n) is 1.25. The molecule has 2 heterocycles. The molecule has 0 atom stereocenters. The van der Waals surface area contributed by atoms with Crippen LogP contribution in [0.1, 0.15) is 4.88 Å². The van der Waals surface area contributed by atoms with Crippen molar-refractivity contribution in [3.05, 3.63) is 33.2 Å². The van der Waals surface area contributed by atoms with Gasteiger partial charge in [0.25, 0.3) is 0 Å². The van der Waals surface area contributed by atoms with Crippen molar-refractivity contribution in [1.82, 2.24) is 5.32 Å². The summed E-state index contributed by atoms with van der Waals surface area (Å²) in [5.41, 5.74) is 0. The van der Waals surface area contributed by atoms with E-state index in [4.69, 9.17) is 0 Å². The summed E-state index contributed by atoms with van der Waals surface area (Å²) < 4.78 is 1.11. The molecule has 55 valence electrons. The van der Waals surface area contributed by atoms with E-state index in [2.05, 4.69) is 26.2 Å². The molecule has 0 amide bonds. The van der Waals surface area contributed by atoms with E-state index in [9.17, 15) is 0 Å². The first-order chi connectivity index (χ1) is 5.36. The SMILES string of the molecule is Brc1ccc(C2=NC=C[N]2)s1. The Balaban J connectivity index is 2.30. The van der Waals surface area contributed by atoms with Crippen LogP contribution in [-0.2, 0) is 0 Å². The smallest absolute Gasteiger partial charge is 0.169 e. The predicted octanol–water partition coefficient (Wildman–Crippen LogP) is 2.35. The van der Waals surface area contributed by atoms with Crippen LogP contribution in [-0.4, -0.2) is 5.84 Å². The van der Waals surface area contributed by atoms with Gasteiger partial charge in [0, 0.05) is 12.4 Å². The van der Waals surface area contributed by atoms with E-state index in [0.29, 0.717) is 0 Å². The van der Waals surface area contributed by atoms with E-state index < -0.39 is 0 Å². The standard InChI is InChI=1S/C7H4BrN2S/c8-6-2-1-5(11-6)7-9-3-4-10-7/h1-4H. The Kier molecular flexibility index (Phi) is 1.79. The van der Waals surface area contributed by atoms with Gasteiger partial charge in [-0.3, -0.25) is 0 Å². The fraction of sp³-hybridized carbons (Fsp3) is 0. The van der Waals surface area contributed by atoms with Crippen molar-refractivity contribution < 1.29 is 0 Å². The molecule has 0 N–H and O–H groups in total. The first kappa shape index (κ1) is 7.06. The van der Waals surface area contributed by atoms with Crippen LogP contribution in [0.4, 0.5) is 0 Å². The number of nitrogens with zero attached hydrogens (tertiary/aromatic N) is 2. The van der Waals surface area contributed by atoms with Gasteiger partial charge < -0.3 is 0 Å². The highest BCUT2D eigenvalue weighted by Crippen LogP contribution is 2.23. The molecule has 1 radical (unpaired) electrons. The van der Waals surface area contributed by atoms with E-state index in [1.54, 1.807) is 23.7 Å². The average Bonchev–Trinajstić information content (AvgIpc) is 2.55. The highest BCUT2D eigenvalue weighted by Gasteiger charge is 2.07. The number of rotatable bonds is 1. The zero-order valence-corrected chi connectivity index (χ0v) is 7.89. The van der Waals surface area contributed by atoms with Gasteiger partial charge in [0.15, 0.2) is 5.84 Å². The van der Waals surface area contributed by atoms with E-state index in [1.165, 1.54) is 0 Å². The van der Waals surface area contributed by atoms with Crippen molar-refractivity contribution in [2.24, 2.45) is 4.99 Å². The lowest BCUT2D eigenvalue weighted by Crippen LogP contribution is -2.04. The van der Waals surface area contributed by atoms with Crippen molar-refractivity contribution >= 4 is 33.1 Å². The second-order valence-corrected chi connectivity index (χ2v) is 4.45. The highest BCUT2D eigenvalue weighted by atomic mass is 79.9. The molecule has 0 aromatic carbocycles. The fourth-order valence-electron chi connectivity index (χ4n) is 0.803. The summed E-state index contributed by atoms with van der Waals surface area (Å²) >= 11 is 5.02. The molecule has 0 aliphatic carbocycles. The number of amidine groups is 1. The number of aliphatic imine (C=N–C) groups is 1. The van der Waals surface area contributed by atoms with Crippen LogP contribution in [0.25, 0.3) is 0 Å². The molecular weight excluding hydrogens is 224 g/mol. The molecule has 0 unspecified atom stereocenters. The Bertz CT molecular complexity index is 327. The van der Waals surface area contributed by atoms with Gasteiger partial charge >= 0.3 is 0 Å². The van der Waals surface area contributed by atoms with E-state index >= 15 is 0 Å². The number of halogens is 1. The Morgan fingerprint density at radius 1 is 1.27 bits per heavy atom. The minimum Gasteiger partial charge on any atom is -0.234 e. The highest BCUT2D eigenvalue weighted by molar-refractivity contribution is 9.11. The Morgan fingerprint density at radius 3 is 2.73 bits per heavy atom. The molecule has 0 saturated heterocycles. The molecule has 11 heavy (non-hydrogen) atoms. The van der Waals surface area contributed by atoms with Gasteiger partial charge in [-0.15, -0.1) is 11.3 Å². The first-order valence-corrected chi connectivity index (χ1v) is 4.66. The van der Waals surface area contributed by atoms with Gasteiger partial charge in [0.05, 0.1) is 8.66 Å². The van der Waals surface area contributed by atoms with Crippen LogP contribution in [0.15, 0.2) is 33.3 Å². The molecule has 1 aromatic heterocycles. The molecule has 4 heteroatoms. The second kappa shape index (κ2) is 2.79. The van der Waals surface area contributed by atoms with E-state index in [1.807, 2.05) is 12.1 Å². The molecular formula is C7H4BrN2S. The van der Waals surface area contributed by atoms with Crippen LogP contribution < -0.4 is 5.32 Å². The quantitative estimate of drug-likeness (QED) is 0.705. The van der Waals surface area contributed by atoms with Crippen LogP contribution in [0.5, 0.6) is 0 Å². The van der Waals surface area contributed by atoms with Crippen LogP contribution >= 0.6 is 27.3 Å². The Labute approximate surface area is 76.8 Å². The summed E-state index contributed by atoms with van der Waals surface area (Å²) in [6.45, 7) is 0. The summed E-state index contributed by atoms with van der Waals surface area (Å²) in [6.07, 6.45) is 3.39. The minimum atomic E-state index is 0.806. The Morgan fingerprint density at radius 2 is 2.18 bits per heavy atom. The molecule has 1 aliphatic heterocycles. The largest absolute Gasteiger partial charge is 0.234 e. The van der Waals surface area contributed by atoms with E-state index in [-0.39, 0.29) is 0 Å². The lowest BCUT2D eigenvalue weighted by Gasteiger charge is -1.90. The maximum atomic E-state index is 4.08. The van der Waals surface area contributed by atoms with E-state index in [0.717, 1.165) is 14.5 Å². The molecule has 2 nitrogen and oxygen atoms in total. The average molecular weight is 228 g/mol. The third-order valence-corrected chi connectivity index (χ3v) is 2.87. The molecule has 2 rings (SSSR count). The third kappa shape index (κ3) is 1.36. The zero-order chi connectivity index (χ0) is 7.68. The second-order valence-electron chi connectivity index (χ2n) is 1.98. The normalized spacial score (nSPS) is 14.8. The maximum Gasteiger partial charge on any atom is 0.169 e. The lowest BCUT2D eigenvalue weighted by atomic mass is 10.4. The summed E-state index contributed by atoms with van der Waals surface area (Å²) in [7, 11) is 0. The van der Waals surface area contributed by atoms with Gasteiger partial charge in [0.1, 0.15) is 0 Å². The molecule has 0 bridgehead atoms. The van der Waals surface area contributed by atoms with Gasteiger partial charge in [-0.25, -0.2) is 10.3 Å². The van der Waals surface area contributed by atoms with Crippen molar-refractivity contribution in [2.75, 3.05) is 0 Å². The Hall–Kier alpha value is -0.610. The van der Waals surface area contributed by atoms with Crippen molar-refractivity contribution in [3.8, 4) is 0 Å². The van der Waals surface area contributed by atoms with Crippen molar-refractivity contribution in [2.45, 2.75) is 0 Å². The van der Waals surface area contributed by atoms with Crippen molar-refractivity contribution in [1.29, 1.82) is 0 Å². The van der Waals surface area contributed by atoms with Gasteiger partial charge in [-0.2, -0.15) is 0 Å². The fourth-order valence-corrected chi connectivity index (χ4v) is 2.14. The molecule has 1 aromatic rings. The predicted molar refractivity (Wildman–Crippen MR) is 49.8 cm³/mol. The number of thiophene rings is 1. The summed E-state index contributed by atoms with van der Waals surface area (Å²) in [4.78, 5) is 5.18. The molecule has 1 aliphatic rings. The zero-order valence-electron chi connectivity index (χ0n) is 5.49. The lowest BCUT2D eigenvalue weighted by molar-refractivity contribution is 1.30. The number of hydrogen-bond acceptors (Lipinski definition) is 2. The monoisotopic (exact) mass is 227 g/mol. The number of hydrogen-bond donors (Lipinski definition) is 0. The minimum absolute atomic E-state index is 0.806. The van der Waals surface area contributed by atoms with Crippen LogP contribution in [0.3, 0.4) is 0 Å². The maximum absolute atomic E-state index is 4.08. The molecule has 0 spiro atoms. The van der Waals surface area contributed by atoms with Gasteiger partial charge in [-0.05, 0) is 28.1 Å². The molecule has 0 saturated carbocycles. The first-order valence-electron chi connectivity index (χ1n) is 3.05.